The molecule has 16 heavy (non-hydrogen) atoms. The van der Waals surface area contributed by atoms with Gasteiger partial charge in [0.2, 0.25) is 0 Å². The minimum Gasteiger partial charge on any atom is -0.370 e. The SMILES string of the molecule is NC1CC(OC2CCCc3ccccc32)C1. The van der Waals surface area contributed by atoms with Crippen molar-refractivity contribution in [2.24, 2.45) is 5.73 Å². The molecule has 2 aliphatic carbocycles. The molecule has 0 spiro atoms. The number of hydrogen-bond donors (Lipinski definition) is 1. The maximum absolute atomic E-state index is 6.14. The Morgan fingerprint density at radius 3 is 2.81 bits per heavy atom. The number of ether oxygens (including phenoxy) is 1. The van der Waals surface area contributed by atoms with Crippen LogP contribution in [0.2, 0.25) is 0 Å². The second-order valence-corrected chi connectivity index (χ2v) is 5.07. The Labute approximate surface area is 96.8 Å². The third kappa shape index (κ3) is 1.87. The van der Waals surface area contributed by atoms with E-state index in [1.54, 1.807) is 0 Å². The van der Waals surface area contributed by atoms with E-state index in [2.05, 4.69) is 24.3 Å². The lowest BCUT2D eigenvalue weighted by atomic mass is 9.87. The van der Waals surface area contributed by atoms with Gasteiger partial charge in [0.05, 0.1) is 12.2 Å². The van der Waals surface area contributed by atoms with E-state index in [9.17, 15) is 0 Å². The molecule has 86 valence electrons. The first kappa shape index (κ1) is 10.3. The van der Waals surface area contributed by atoms with Crippen LogP contribution in [0, 0.1) is 0 Å². The van der Waals surface area contributed by atoms with E-state index in [-0.39, 0.29) is 0 Å². The van der Waals surface area contributed by atoms with Gasteiger partial charge in [0, 0.05) is 6.04 Å². The van der Waals surface area contributed by atoms with E-state index in [1.807, 2.05) is 0 Å². The van der Waals surface area contributed by atoms with Gasteiger partial charge in [-0.1, -0.05) is 24.3 Å². The van der Waals surface area contributed by atoms with Gasteiger partial charge in [-0.3, -0.25) is 0 Å². The van der Waals surface area contributed by atoms with Gasteiger partial charge in [-0.2, -0.15) is 0 Å². The fourth-order valence-corrected chi connectivity index (χ4v) is 2.80. The van der Waals surface area contributed by atoms with E-state index < -0.39 is 0 Å². The second kappa shape index (κ2) is 4.19. The van der Waals surface area contributed by atoms with Crippen LogP contribution >= 0.6 is 0 Å². The molecule has 0 radical (unpaired) electrons. The highest BCUT2D eigenvalue weighted by molar-refractivity contribution is 5.31. The molecule has 1 fully saturated rings. The van der Waals surface area contributed by atoms with Crippen LogP contribution in [-0.4, -0.2) is 12.1 Å². The molecule has 2 aliphatic rings. The fraction of sp³-hybridized carbons (Fsp3) is 0.571. The summed E-state index contributed by atoms with van der Waals surface area (Å²) in [6.07, 6.45) is 6.44. The molecule has 1 aromatic carbocycles. The van der Waals surface area contributed by atoms with Crippen molar-refractivity contribution >= 4 is 0 Å². The van der Waals surface area contributed by atoms with Gasteiger partial charge in [0.1, 0.15) is 0 Å². The van der Waals surface area contributed by atoms with Crippen molar-refractivity contribution in [1.29, 1.82) is 0 Å². The maximum Gasteiger partial charge on any atom is 0.0831 e. The topological polar surface area (TPSA) is 35.2 Å². The van der Waals surface area contributed by atoms with Crippen molar-refractivity contribution in [2.75, 3.05) is 0 Å². The standard InChI is InChI=1S/C14H19NO/c15-11-8-12(9-11)16-14-7-3-5-10-4-1-2-6-13(10)14/h1-2,4,6,11-12,14H,3,5,7-9,15H2. The van der Waals surface area contributed by atoms with Crippen LogP contribution in [0.25, 0.3) is 0 Å². The fourth-order valence-electron chi connectivity index (χ4n) is 2.80. The third-order valence-corrected chi connectivity index (χ3v) is 3.80. The van der Waals surface area contributed by atoms with Crippen molar-refractivity contribution in [2.45, 2.75) is 50.4 Å². The van der Waals surface area contributed by atoms with E-state index in [4.69, 9.17) is 10.5 Å². The number of fused-ring (bicyclic) bond motifs is 1. The summed E-state index contributed by atoms with van der Waals surface area (Å²) in [6, 6.07) is 9.08. The molecule has 2 N–H and O–H groups in total. The molecule has 1 atom stereocenters. The van der Waals surface area contributed by atoms with Gasteiger partial charge < -0.3 is 10.5 Å². The largest absolute Gasteiger partial charge is 0.370 e. The first-order valence-corrected chi connectivity index (χ1v) is 6.32. The van der Waals surface area contributed by atoms with Crippen LogP contribution in [0.5, 0.6) is 0 Å². The summed E-state index contributed by atoms with van der Waals surface area (Å²) >= 11 is 0. The van der Waals surface area contributed by atoms with Crippen molar-refractivity contribution in [3.63, 3.8) is 0 Å². The molecule has 0 amide bonds. The lowest BCUT2D eigenvalue weighted by Crippen LogP contribution is -2.42. The molecule has 0 aromatic heterocycles. The van der Waals surface area contributed by atoms with Crippen molar-refractivity contribution in [1.82, 2.24) is 0 Å². The number of hydrogen-bond acceptors (Lipinski definition) is 2. The van der Waals surface area contributed by atoms with Crippen LogP contribution in [0.4, 0.5) is 0 Å². The second-order valence-electron chi connectivity index (χ2n) is 5.07. The highest BCUT2D eigenvalue weighted by atomic mass is 16.5. The molecule has 0 heterocycles. The van der Waals surface area contributed by atoms with Crippen LogP contribution in [0.1, 0.15) is 42.9 Å². The van der Waals surface area contributed by atoms with E-state index in [0.717, 1.165) is 12.8 Å². The number of aryl methyl sites for hydroxylation is 1. The zero-order valence-electron chi connectivity index (χ0n) is 9.56. The molecule has 0 aliphatic heterocycles. The maximum atomic E-state index is 6.14. The summed E-state index contributed by atoms with van der Waals surface area (Å²) in [7, 11) is 0. The molecule has 2 nitrogen and oxygen atoms in total. The lowest BCUT2D eigenvalue weighted by Gasteiger charge is -2.37. The first-order chi connectivity index (χ1) is 7.83. The van der Waals surface area contributed by atoms with E-state index in [0.29, 0.717) is 18.2 Å². The zero-order valence-corrected chi connectivity index (χ0v) is 9.56. The minimum atomic E-state index is 0.322. The van der Waals surface area contributed by atoms with Crippen LogP contribution in [-0.2, 0) is 11.2 Å². The summed E-state index contributed by atoms with van der Waals surface area (Å²) in [5.74, 6) is 0. The van der Waals surface area contributed by atoms with Crippen molar-refractivity contribution in [3.8, 4) is 0 Å². The average molecular weight is 217 g/mol. The average Bonchev–Trinajstić information content (AvgIpc) is 2.27. The number of rotatable bonds is 2. The summed E-state index contributed by atoms with van der Waals surface area (Å²) < 4.78 is 6.14. The Bertz CT molecular complexity index is 371. The Balaban J connectivity index is 1.72. The molecule has 0 saturated heterocycles. The molecule has 1 unspecified atom stereocenters. The highest BCUT2D eigenvalue weighted by Gasteiger charge is 2.31. The summed E-state index contributed by atoms with van der Waals surface area (Å²) in [5.41, 5.74) is 8.67. The number of nitrogens with two attached hydrogens (primary N) is 1. The number of benzene rings is 1. The summed E-state index contributed by atoms with van der Waals surface area (Å²) in [4.78, 5) is 0. The smallest absolute Gasteiger partial charge is 0.0831 e. The quantitative estimate of drug-likeness (QED) is 0.826. The van der Waals surface area contributed by atoms with Gasteiger partial charge >= 0.3 is 0 Å². The molecular formula is C14H19NO. The van der Waals surface area contributed by atoms with Gasteiger partial charge in [0.15, 0.2) is 0 Å². The molecule has 3 rings (SSSR count). The third-order valence-electron chi connectivity index (χ3n) is 3.80. The Morgan fingerprint density at radius 2 is 2.00 bits per heavy atom. The Hall–Kier alpha value is -0.860. The monoisotopic (exact) mass is 217 g/mol. The summed E-state index contributed by atoms with van der Waals surface area (Å²) in [6.45, 7) is 0. The van der Waals surface area contributed by atoms with Gasteiger partial charge in [-0.05, 0) is 43.2 Å². The molecule has 2 heteroatoms. The van der Waals surface area contributed by atoms with Gasteiger partial charge in [-0.25, -0.2) is 0 Å². The molecule has 1 saturated carbocycles. The first-order valence-electron chi connectivity index (χ1n) is 6.32. The normalized spacial score (nSPS) is 32.9. The van der Waals surface area contributed by atoms with Gasteiger partial charge in [0.25, 0.3) is 0 Å². The van der Waals surface area contributed by atoms with Crippen molar-refractivity contribution in [3.05, 3.63) is 35.4 Å². The lowest BCUT2D eigenvalue weighted by molar-refractivity contribution is -0.0668. The van der Waals surface area contributed by atoms with Crippen LogP contribution in [0.15, 0.2) is 24.3 Å². The van der Waals surface area contributed by atoms with Crippen LogP contribution in [0.3, 0.4) is 0 Å². The molecule has 0 bridgehead atoms. The van der Waals surface area contributed by atoms with E-state index >= 15 is 0 Å². The van der Waals surface area contributed by atoms with E-state index in [1.165, 1.54) is 30.4 Å². The Morgan fingerprint density at radius 1 is 1.19 bits per heavy atom. The summed E-state index contributed by atoms with van der Waals surface area (Å²) in [5, 5.41) is 0. The molecular weight excluding hydrogens is 198 g/mol. The predicted molar refractivity (Wildman–Crippen MR) is 64.2 cm³/mol. The zero-order chi connectivity index (χ0) is 11.0. The molecule has 1 aromatic rings. The Kier molecular flexibility index (Phi) is 2.70. The predicted octanol–water partition coefficient (Wildman–Crippen LogP) is 2.57. The minimum absolute atomic E-state index is 0.322. The van der Waals surface area contributed by atoms with Crippen molar-refractivity contribution < 1.29 is 4.74 Å². The van der Waals surface area contributed by atoms with Crippen LogP contribution < -0.4 is 5.73 Å². The van der Waals surface area contributed by atoms with Gasteiger partial charge in [-0.15, -0.1) is 0 Å². The highest BCUT2D eigenvalue weighted by Crippen LogP contribution is 2.36.